The van der Waals surface area contributed by atoms with Gasteiger partial charge in [-0.25, -0.2) is 13.2 Å². The molecule has 2 aliphatic rings. The van der Waals surface area contributed by atoms with Gasteiger partial charge in [0.25, 0.3) is 0 Å². The molecule has 2 aliphatic carbocycles. The van der Waals surface area contributed by atoms with Gasteiger partial charge < -0.3 is 0 Å². The van der Waals surface area contributed by atoms with Gasteiger partial charge >= 0.3 is 0 Å². The van der Waals surface area contributed by atoms with Crippen molar-refractivity contribution in [2.45, 2.75) is 97.3 Å². The van der Waals surface area contributed by atoms with Crippen molar-refractivity contribution in [2.24, 2.45) is 17.8 Å². The van der Waals surface area contributed by atoms with Gasteiger partial charge in [-0.1, -0.05) is 113 Å². The minimum atomic E-state index is -0.822. The summed E-state index contributed by atoms with van der Waals surface area (Å²) in [5.74, 6) is 0.740. The maximum Gasteiger partial charge on any atom is 0.166 e. The van der Waals surface area contributed by atoms with Gasteiger partial charge in [-0.05, 0) is 90.2 Å². The van der Waals surface area contributed by atoms with Gasteiger partial charge in [-0.2, -0.15) is 0 Å². The normalized spacial score (nSPS) is 21.1. The predicted octanol–water partition coefficient (Wildman–Crippen LogP) is 12.0. The third-order valence-electron chi connectivity index (χ3n) is 9.75. The van der Waals surface area contributed by atoms with Crippen LogP contribution in [0.4, 0.5) is 13.2 Å². The second kappa shape index (κ2) is 13.9. The molecule has 0 nitrogen and oxygen atoms in total. The van der Waals surface area contributed by atoms with Crippen molar-refractivity contribution < 1.29 is 13.2 Å². The van der Waals surface area contributed by atoms with Crippen LogP contribution in [0.5, 0.6) is 0 Å². The quantitative estimate of drug-likeness (QED) is 0.217. The highest BCUT2D eigenvalue weighted by Crippen LogP contribution is 2.42. The van der Waals surface area contributed by atoms with Crippen LogP contribution in [-0.2, 0) is 6.42 Å². The van der Waals surface area contributed by atoms with Gasteiger partial charge in [0.05, 0.1) is 0 Å². The third kappa shape index (κ3) is 6.99. The van der Waals surface area contributed by atoms with Crippen LogP contribution < -0.4 is 0 Å². The highest BCUT2D eigenvalue weighted by molar-refractivity contribution is 5.74. The lowest BCUT2D eigenvalue weighted by molar-refractivity contribution is 0.187. The molecule has 1 saturated carbocycles. The van der Waals surface area contributed by atoms with E-state index in [1.54, 1.807) is 42.5 Å². The summed E-state index contributed by atoms with van der Waals surface area (Å²) in [5.41, 5.74) is 4.70. The fourth-order valence-corrected chi connectivity index (χ4v) is 7.23. The third-order valence-corrected chi connectivity index (χ3v) is 9.75. The van der Waals surface area contributed by atoms with Crippen molar-refractivity contribution in [3.63, 3.8) is 0 Å². The van der Waals surface area contributed by atoms with Crippen molar-refractivity contribution in [3.05, 3.63) is 89.3 Å². The van der Waals surface area contributed by atoms with E-state index < -0.39 is 11.6 Å². The van der Waals surface area contributed by atoms with Crippen LogP contribution in [0.3, 0.4) is 0 Å². The molecule has 0 N–H and O–H groups in total. The maximum atomic E-state index is 15.3. The summed E-state index contributed by atoms with van der Waals surface area (Å²) in [5, 5.41) is 0. The van der Waals surface area contributed by atoms with E-state index in [1.807, 2.05) is 19.1 Å². The van der Waals surface area contributed by atoms with Gasteiger partial charge in [0, 0.05) is 11.1 Å². The summed E-state index contributed by atoms with van der Waals surface area (Å²) in [7, 11) is 0. The zero-order valence-electron chi connectivity index (χ0n) is 24.8. The SMILES string of the molecule is CCCCCC1CCC(C2CC=C(c3ccc(-c4ccc(-c5ccc(CCC)c(F)c5F)cc4)c(F)c3)CC2)CC1. The fourth-order valence-electron chi connectivity index (χ4n) is 7.23. The molecule has 0 spiro atoms. The minimum absolute atomic E-state index is 0.229. The molecular formula is C38H45F3. The molecule has 1 unspecified atom stereocenters. The summed E-state index contributed by atoms with van der Waals surface area (Å²) in [6.45, 7) is 4.23. The first-order valence-corrected chi connectivity index (χ1v) is 16.0. The summed E-state index contributed by atoms with van der Waals surface area (Å²) in [6, 6.07) is 15.9. The van der Waals surface area contributed by atoms with Crippen molar-refractivity contribution in [3.8, 4) is 22.3 Å². The molecule has 5 rings (SSSR count). The standard InChI is InChI=1S/C38H45F3/c1-3-5-6-8-26-9-11-27(12-10-26)28-13-15-29(16-14-28)33-22-23-34(36(39)25-33)30-17-19-31(20-18-30)35-24-21-32(7-4-2)37(40)38(35)41/h15,17-28H,3-14,16H2,1-2H3. The Labute approximate surface area is 245 Å². The Balaban J connectivity index is 1.21. The minimum Gasteiger partial charge on any atom is -0.206 e. The van der Waals surface area contributed by atoms with E-state index in [1.165, 1.54) is 63.4 Å². The average Bonchev–Trinajstić information content (AvgIpc) is 3.00. The first-order valence-electron chi connectivity index (χ1n) is 16.0. The van der Waals surface area contributed by atoms with Crippen molar-refractivity contribution in [1.82, 2.24) is 0 Å². The van der Waals surface area contributed by atoms with E-state index in [9.17, 15) is 8.78 Å². The predicted molar refractivity (Wildman–Crippen MR) is 166 cm³/mol. The summed E-state index contributed by atoms with van der Waals surface area (Å²) in [6.07, 6.45) is 18.1. The molecule has 0 saturated heterocycles. The van der Waals surface area contributed by atoms with Crippen LogP contribution in [0, 0.1) is 35.2 Å². The van der Waals surface area contributed by atoms with Crippen LogP contribution in [-0.4, -0.2) is 0 Å². The van der Waals surface area contributed by atoms with Gasteiger partial charge in [-0.3, -0.25) is 0 Å². The monoisotopic (exact) mass is 558 g/mol. The molecule has 41 heavy (non-hydrogen) atoms. The Morgan fingerprint density at radius 2 is 1.34 bits per heavy atom. The molecule has 0 aromatic heterocycles. The lowest BCUT2D eigenvalue weighted by Gasteiger charge is -2.35. The van der Waals surface area contributed by atoms with Crippen LogP contribution in [0.25, 0.3) is 27.8 Å². The number of allylic oxidation sites excluding steroid dienone is 2. The van der Waals surface area contributed by atoms with Crippen LogP contribution in [0.1, 0.15) is 102 Å². The van der Waals surface area contributed by atoms with Gasteiger partial charge in [-0.15, -0.1) is 0 Å². The molecule has 3 aromatic rings. The molecule has 0 heterocycles. The molecule has 0 bridgehead atoms. The van der Waals surface area contributed by atoms with Gasteiger partial charge in [0.1, 0.15) is 5.82 Å². The number of hydrogen-bond acceptors (Lipinski definition) is 0. The second-order valence-electron chi connectivity index (χ2n) is 12.5. The molecule has 0 aliphatic heterocycles. The summed E-state index contributed by atoms with van der Waals surface area (Å²) < 4.78 is 44.5. The number of aryl methyl sites for hydroxylation is 1. The molecule has 1 fully saturated rings. The number of unbranched alkanes of at least 4 members (excludes halogenated alkanes) is 2. The molecule has 1 atom stereocenters. The Morgan fingerprint density at radius 3 is 1.98 bits per heavy atom. The van der Waals surface area contributed by atoms with Crippen LogP contribution in [0.2, 0.25) is 0 Å². The first kappa shape index (κ1) is 29.7. The van der Waals surface area contributed by atoms with E-state index in [0.717, 1.165) is 48.1 Å². The fraction of sp³-hybridized carbons (Fsp3) is 0.474. The molecule has 218 valence electrons. The maximum absolute atomic E-state index is 15.3. The lowest BCUT2D eigenvalue weighted by atomic mass is 9.70. The topological polar surface area (TPSA) is 0 Å². The average molecular weight is 559 g/mol. The highest BCUT2D eigenvalue weighted by Gasteiger charge is 2.28. The first-order chi connectivity index (χ1) is 20.0. The Kier molecular flexibility index (Phi) is 10.1. The zero-order chi connectivity index (χ0) is 28.8. The summed E-state index contributed by atoms with van der Waals surface area (Å²) >= 11 is 0. The van der Waals surface area contributed by atoms with E-state index in [2.05, 4.69) is 13.0 Å². The molecule has 3 aromatic carbocycles. The molecule has 3 heteroatoms. The van der Waals surface area contributed by atoms with E-state index in [0.29, 0.717) is 23.1 Å². The Morgan fingerprint density at radius 1 is 0.659 bits per heavy atom. The van der Waals surface area contributed by atoms with E-state index >= 15 is 4.39 Å². The Hall–Kier alpha value is -2.81. The van der Waals surface area contributed by atoms with Crippen LogP contribution >= 0.6 is 0 Å². The molecule has 0 amide bonds. The van der Waals surface area contributed by atoms with Crippen molar-refractivity contribution in [2.75, 3.05) is 0 Å². The molecule has 0 radical (unpaired) electrons. The van der Waals surface area contributed by atoms with E-state index in [4.69, 9.17) is 0 Å². The highest BCUT2D eigenvalue weighted by atomic mass is 19.2. The Bertz CT molecular complexity index is 1330. The smallest absolute Gasteiger partial charge is 0.166 e. The van der Waals surface area contributed by atoms with E-state index in [-0.39, 0.29) is 11.4 Å². The second-order valence-corrected chi connectivity index (χ2v) is 12.5. The largest absolute Gasteiger partial charge is 0.206 e. The number of halogens is 3. The number of hydrogen-bond donors (Lipinski definition) is 0. The van der Waals surface area contributed by atoms with Crippen molar-refractivity contribution in [1.29, 1.82) is 0 Å². The number of benzene rings is 3. The zero-order valence-corrected chi connectivity index (χ0v) is 24.8. The van der Waals surface area contributed by atoms with Crippen molar-refractivity contribution >= 4 is 5.57 Å². The molecular weight excluding hydrogens is 513 g/mol. The summed E-state index contributed by atoms with van der Waals surface area (Å²) in [4.78, 5) is 0. The van der Waals surface area contributed by atoms with Gasteiger partial charge in [0.15, 0.2) is 11.6 Å². The van der Waals surface area contributed by atoms with Crippen LogP contribution in [0.15, 0.2) is 60.7 Å². The number of rotatable bonds is 10. The van der Waals surface area contributed by atoms with Gasteiger partial charge in [0.2, 0.25) is 0 Å². The lowest BCUT2D eigenvalue weighted by Crippen LogP contribution is -2.23.